The second kappa shape index (κ2) is 12.6. The molecule has 4 heterocycles. The van der Waals surface area contributed by atoms with Gasteiger partial charge in [-0.05, 0) is 85.1 Å². The second-order valence-electron chi connectivity index (χ2n) is 13.9. The highest BCUT2D eigenvalue weighted by molar-refractivity contribution is 5.97. The number of carbonyl (C=O) groups excluding carboxylic acids is 2. The summed E-state index contributed by atoms with van der Waals surface area (Å²) in [5, 5.41) is 8.09. The van der Waals surface area contributed by atoms with E-state index in [9.17, 15) is 14.0 Å². The standard InChI is InChI=1S/C34H42FN7O5/c1-7-42(21(2)3)31(43)25-14-22(35)8-9-27(25)46-30-29(37-20-38-39-30)41-18-34(19-41)15-23(16-34)45-28-10-12-36-26-17-40(13-11-24(26)28)32(44)47-33(4,5)6/h8-10,12,14,20-21,23H,7,11,13,15-19H2,1-6H3. The zero-order chi connectivity index (χ0) is 33.5. The van der Waals surface area contributed by atoms with Gasteiger partial charge in [-0.3, -0.25) is 9.78 Å². The molecule has 47 heavy (non-hydrogen) atoms. The number of hydrogen-bond acceptors (Lipinski definition) is 10. The number of rotatable bonds is 8. The van der Waals surface area contributed by atoms with Crippen LogP contribution in [0.2, 0.25) is 0 Å². The molecule has 12 nitrogen and oxygen atoms in total. The van der Waals surface area contributed by atoms with Crippen LogP contribution in [0.4, 0.5) is 15.0 Å². The van der Waals surface area contributed by atoms with Crippen LogP contribution in [-0.2, 0) is 17.7 Å². The lowest BCUT2D eigenvalue weighted by Gasteiger charge is -2.58. The summed E-state index contributed by atoms with van der Waals surface area (Å²) in [5.74, 6) is 0.850. The zero-order valence-corrected chi connectivity index (χ0v) is 27.8. The largest absolute Gasteiger partial charge is 0.490 e. The van der Waals surface area contributed by atoms with E-state index in [4.69, 9.17) is 14.2 Å². The van der Waals surface area contributed by atoms with Crippen molar-refractivity contribution in [1.29, 1.82) is 0 Å². The summed E-state index contributed by atoms with van der Waals surface area (Å²) >= 11 is 0. The Bertz CT molecular complexity index is 1650. The predicted octanol–water partition coefficient (Wildman–Crippen LogP) is 5.41. The van der Waals surface area contributed by atoms with Gasteiger partial charge in [-0.2, -0.15) is 0 Å². The van der Waals surface area contributed by atoms with Gasteiger partial charge in [0.1, 0.15) is 35.3 Å². The molecule has 250 valence electrons. The minimum Gasteiger partial charge on any atom is -0.490 e. The van der Waals surface area contributed by atoms with E-state index in [-0.39, 0.29) is 46.8 Å². The highest BCUT2D eigenvalue weighted by Crippen LogP contribution is 2.52. The predicted molar refractivity (Wildman–Crippen MR) is 171 cm³/mol. The van der Waals surface area contributed by atoms with Crippen molar-refractivity contribution < 1.29 is 28.2 Å². The number of anilines is 1. The number of benzene rings is 1. The Morgan fingerprint density at radius 1 is 1.13 bits per heavy atom. The average Bonchev–Trinajstić information content (AvgIpc) is 2.98. The van der Waals surface area contributed by atoms with Crippen LogP contribution in [0.1, 0.15) is 76.0 Å². The third kappa shape index (κ3) is 6.79. The number of aromatic nitrogens is 4. The average molecular weight is 648 g/mol. The molecule has 13 heteroatoms. The molecule has 1 spiro atoms. The van der Waals surface area contributed by atoms with Gasteiger partial charge in [0.05, 0.1) is 17.8 Å². The Kier molecular flexibility index (Phi) is 8.66. The Morgan fingerprint density at radius 3 is 2.60 bits per heavy atom. The van der Waals surface area contributed by atoms with Gasteiger partial charge in [0.25, 0.3) is 11.8 Å². The van der Waals surface area contributed by atoms with Crippen molar-refractivity contribution in [3.8, 4) is 17.4 Å². The van der Waals surface area contributed by atoms with Crippen molar-refractivity contribution >= 4 is 17.8 Å². The lowest BCUT2D eigenvalue weighted by Crippen LogP contribution is -2.65. The van der Waals surface area contributed by atoms with Crippen molar-refractivity contribution in [1.82, 2.24) is 30.0 Å². The van der Waals surface area contributed by atoms with Gasteiger partial charge in [0.15, 0.2) is 5.82 Å². The number of halogens is 1. The second-order valence-corrected chi connectivity index (χ2v) is 13.9. The highest BCUT2D eigenvalue weighted by Gasteiger charge is 2.54. The third-order valence-corrected chi connectivity index (χ3v) is 8.87. The van der Waals surface area contributed by atoms with Gasteiger partial charge in [0, 0.05) is 49.4 Å². The van der Waals surface area contributed by atoms with Crippen molar-refractivity contribution in [2.45, 2.75) is 85.1 Å². The number of ether oxygens (including phenoxy) is 3. The summed E-state index contributed by atoms with van der Waals surface area (Å²) in [5.41, 5.74) is 1.54. The minimum absolute atomic E-state index is 0.0663. The molecular formula is C34H42FN7O5. The molecule has 0 bridgehead atoms. The normalized spacial score (nSPS) is 17.1. The van der Waals surface area contributed by atoms with E-state index in [1.54, 1.807) is 16.0 Å². The van der Waals surface area contributed by atoms with E-state index >= 15 is 0 Å². The number of pyridine rings is 1. The van der Waals surface area contributed by atoms with Crippen LogP contribution in [0.3, 0.4) is 0 Å². The Labute approximate surface area is 274 Å². The number of nitrogens with zero attached hydrogens (tertiary/aromatic N) is 7. The van der Waals surface area contributed by atoms with Crippen LogP contribution in [-0.4, -0.2) is 85.9 Å². The molecule has 0 N–H and O–H groups in total. The molecule has 1 saturated heterocycles. The first-order valence-electron chi connectivity index (χ1n) is 16.2. The van der Waals surface area contributed by atoms with Crippen LogP contribution in [0, 0.1) is 11.2 Å². The van der Waals surface area contributed by atoms with Crippen LogP contribution in [0.25, 0.3) is 0 Å². The van der Waals surface area contributed by atoms with E-state index in [2.05, 4.69) is 25.1 Å². The molecule has 0 unspecified atom stereocenters. The number of carbonyl (C=O) groups is 2. The molecule has 6 rings (SSSR count). The first kappa shape index (κ1) is 32.4. The molecule has 2 amide bonds. The molecule has 1 aliphatic carbocycles. The quantitative estimate of drug-likeness (QED) is 0.314. The first-order chi connectivity index (χ1) is 22.3. The van der Waals surface area contributed by atoms with Gasteiger partial charge >= 0.3 is 6.09 Å². The summed E-state index contributed by atoms with van der Waals surface area (Å²) in [7, 11) is 0. The molecule has 1 aromatic carbocycles. The van der Waals surface area contributed by atoms with E-state index < -0.39 is 11.4 Å². The summed E-state index contributed by atoms with van der Waals surface area (Å²) in [6, 6.07) is 5.73. The third-order valence-electron chi connectivity index (χ3n) is 8.87. The number of hydrogen-bond donors (Lipinski definition) is 0. The molecular weight excluding hydrogens is 605 g/mol. The molecule has 3 aliphatic rings. The van der Waals surface area contributed by atoms with Crippen LogP contribution in [0.15, 0.2) is 36.8 Å². The molecule has 3 aromatic rings. The van der Waals surface area contributed by atoms with Gasteiger partial charge in [0.2, 0.25) is 0 Å². The van der Waals surface area contributed by atoms with Crippen LogP contribution >= 0.6 is 0 Å². The summed E-state index contributed by atoms with van der Waals surface area (Å²) < 4.78 is 32.4. The molecule has 1 saturated carbocycles. The molecule has 0 radical (unpaired) electrons. The van der Waals surface area contributed by atoms with Crippen LogP contribution in [0.5, 0.6) is 17.4 Å². The molecule has 0 atom stereocenters. The number of amides is 2. The highest BCUT2D eigenvalue weighted by atomic mass is 19.1. The fraction of sp³-hybridized carbons (Fsp3) is 0.529. The fourth-order valence-electron chi connectivity index (χ4n) is 6.66. The summed E-state index contributed by atoms with van der Waals surface area (Å²) in [6.45, 7) is 14.2. The van der Waals surface area contributed by atoms with E-state index in [1.165, 1.54) is 24.5 Å². The van der Waals surface area contributed by atoms with Crippen molar-refractivity contribution in [2.24, 2.45) is 5.41 Å². The lowest BCUT2D eigenvalue weighted by molar-refractivity contribution is -0.0352. The van der Waals surface area contributed by atoms with Gasteiger partial charge in [-0.25, -0.2) is 14.2 Å². The smallest absolute Gasteiger partial charge is 0.410 e. The Hall–Kier alpha value is -4.55. The van der Waals surface area contributed by atoms with Crippen molar-refractivity contribution in [2.75, 3.05) is 31.1 Å². The van der Waals surface area contributed by atoms with Crippen LogP contribution < -0.4 is 14.4 Å². The maximum absolute atomic E-state index is 14.3. The summed E-state index contributed by atoms with van der Waals surface area (Å²) in [6.07, 6.45) is 5.27. The van der Waals surface area contributed by atoms with E-state index in [1.807, 2.05) is 47.6 Å². The summed E-state index contributed by atoms with van der Waals surface area (Å²) in [4.78, 5) is 40.3. The minimum atomic E-state index is -0.553. The Balaban J connectivity index is 1.08. The van der Waals surface area contributed by atoms with Crippen molar-refractivity contribution in [3.05, 3.63) is 59.4 Å². The van der Waals surface area contributed by atoms with E-state index in [0.29, 0.717) is 31.9 Å². The maximum Gasteiger partial charge on any atom is 0.410 e. The monoisotopic (exact) mass is 647 g/mol. The van der Waals surface area contributed by atoms with Gasteiger partial charge < -0.3 is 28.9 Å². The molecule has 2 fully saturated rings. The SMILES string of the molecule is CCN(C(=O)c1cc(F)ccc1Oc1nncnc1N1CC2(CC(Oc3ccnc4c3CCN(C(=O)OC(C)(C)C)C4)C2)C1)C(C)C. The van der Waals surface area contributed by atoms with Gasteiger partial charge in [-0.15, -0.1) is 10.2 Å². The first-order valence-corrected chi connectivity index (χ1v) is 16.2. The van der Waals surface area contributed by atoms with Gasteiger partial charge in [-0.1, -0.05) is 0 Å². The topological polar surface area (TPSA) is 123 Å². The van der Waals surface area contributed by atoms with Crippen molar-refractivity contribution in [3.63, 3.8) is 0 Å². The molecule has 2 aromatic heterocycles. The maximum atomic E-state index is 14.3. The zero-order valence-electron chi connectivity index (χ0n) is 27.8. The molecule has 2 aliphatic heterocycles. The fourth-order valence-corrected chi connectivity index (χ4v) is 6.66. The lowest BCUT2D eigenvalue weighted by atomic mass is 9.61. The Morgan fingerprint density at radius 2 is 1.89 bits per heavy atom. The number of fused-ring (bicyclic) bond motifs is 1. The van der Waals surface area contributed by atoms with E-state index in [0.717, 1.165) is 42.9 Å².